The standard InChI is InChI=1S/C33H43FN2O3/c1-6-35(21-24-7-14-33(31(34)17-24)39-16-15-36(22(2)3)23(4)5)32-20-29(38)12-13-30(32)27-9-8-26-19-28(37)11-10-25(26)18-27/h7,10-14,17,19-20,22-23,27,37-38H,6,8-9,15-16,18,21H2,1-5H3. The molecule has 0 saturated heterocycles. The molecule has 0 bridgehead atoms. The molecular formula is C33H43FN2O3. The zero-order valence-corrected chi connectivity index (χ0v) is 24.0. The van der Waals surface area contributed by atoms with E-state index in [9.17, 15) is 10.2 Å². The van der Waals surface area contributed by atoms with E-state index in [1.807, 2.05) is 30.3 Å². The lowest BCUT2D eigenvalue weighted by Crippen LogP contribution is -2.39. The van der Waals surface area contributed by atoms with E-state index in [0.717, 1.165) is 37.1 Å². The van der Waals surface area contributed by atoms with Crippen LogP contribution in [0.3, 0.4) is 0 Å². The molecule has 0 radical (unpaired) electrons. The third-order valence-electron chi connectivity index (χ3n) is 7.90. The van der Waals surface area contributed by atoms with E-state index in [2.05, 4.69) is 44.4 Å². The van der Waals surface area contributed by atoms with Gasteiger partial charge in [-0.05, 0) is 112 Å². The van der Waals surface area contributed by atoms with Crippen LogP contribution in [0.25, 0.3) is 0 Å². The second-order valence-electron chi connectivity index (χ2n) is 11.2. The van der Waals surface area contributed by atoms with Gasteiger partial charge in [0.15, 0.2) is 11.6 Å². The van der Waals surface area contributed by atoms with Crippen LogP contribution < -0.4 is 9.64 Å². The Balaban J connectivity index is 1.48. The first kappa shape index (κ1) is 28.8. The molecule has 1 unspecified atom stereocenters. The van der Waals surface area contributed by atoms with Gasteiger partial charge in [-0.2, -0.15) is 0 Å². The van der Waals surface area contributed by atoms with E-state index in [4.69, 9.17) is 4.74 Å². The first-order valence-electron chi connectivity index (χ1n) is 14.2. The van der Waals surface area contributed by atoms with Gasteiger partial charge < -0.3 is 19.8 Å². The van der Waals surface area contributed by atoms with Gasteiger partial charge in [-0.15, -0.1) is 0 Å². The number of aromatic hydroxyl groups is 2. The fourth-order valence-corrected chi connectivity index (χ4v) is 5.88. The van der Waals surface area contributed by atoms with Crippen LogP contribution >= 0.6 is 0 Å². The quantitative estimate of drug-likeness (QED) is 0.277. The first-order chi connectivity index (χ1) is 18.7. The zero-order chi connectivity index (χ0) is 28.1. The molecule has 1 atom stereocenters. The predicted octanol–water partition coefficient (Wildman–Crippen LogP) is 7.03. The lowest BCUT2D eigenvalue weighted by Gasteiger charge is -2.32. The van der Waals surface area contributed by atoms with Crippen molar-refractivity contribution in [3.05, 3.63) is 82.7 Å². The summed E-state index contributed by atoms with van der Waals surface area (Å²) < 4.78 is 20.8. The fraction of sp³-hybridized carbons (Fsp3) is 0.455. The Morgan fingerprint density at radius 1 is 0.923 bits per heavy atom. The Morgan fingerprint density at radius 2 is 1.64 bits per heavy atom. The van der Waals surface area contributed by atoms with Crippen molar-refractivity contribution in [1.82, 2.24) is 4.90 Å². The van der Waals surface area contributed by atoms with Crippen molar-refractivity contribution >= 4 is 5.69 Å². The van der Waals surface area contributed by atoms with Gasteiger partial charge in [-0.25, -0.2) is 4.39 Å². The topological polar surface area (TPSA) is 56.2 Å². The lowest BCUT2D eigenvalue weighted by molar-refractivity contribution is 0.140. The third-order valence-corrected chi connectivity index (χ3v) is 7.90. The number of phenols is 2. The molecule has 4 rings (SSSR count). The highest BCUT2D eigenvalue weighted by atomic mass is 19.1. The lowest BCUT2D eigenvalue weighted by atomic mass is 9.79. The highest BCUT2D eigenvalue weighted by molar-refractivity contribution is 5.59. The summed E-state index contributed by atoms with van der Waals surface area (Å²) in [7, 11) is 0. The Bertz CT molecular complexity index is 1250. The van der Waals surface area contributed by atoms with Crippen molar-refractivity contribution in [3.8, 4) is 17.2 Å². The minimum atomic E-state index is -0.354. The van der Waals surface area contributed by atoms with Crippen LogP contribution in [0.1, 0.15) is 69.2 Å². The molecule has 5 nitrogen and oxygen atoms in total. The monoisotopic (exact) mass is 534 g/mol. The van der Waals surface area contributed by atoms with Crippen LogP contribution in [0.15, 0.2) is 54.6 Å². The molecule has 0 saturated carbocycles. The number of hydrogen-bond donors (Lipinski definition) is 2. The van der Waals surface area contributed by atoms with Crippen LogP contribution in [0, 0.1) is 5.82 Å². The van der Waals surface area contributed by atoms with Crippen LogP contribution in [-0.2, 0) is 19.4 Å². The molecule has 0 spiro atoms. The maximum absolute atomic E-state index is 15.0. The third kappa shape index (κ3) is 7.04. The molecule has 3 aromatic carbocycles. The molecule has 2 N–H and O–H groups in total. The number of fused-ring (bicyclic) bond motifs is 1. The number of aryl methyl sites for hydroxylation is 1. The zero-order valence-electron chi connectivity index (χ0n) is 24.0. The van der Waals surface area contributed by atoms with Gasteiger partial charge in [-0.1, -0.05) is 18.2 Å². The number of benzene rings is 3. The van der Waals surface area contributed by atoms with Gasteiger partial charge >= 0.3 is 0 Å². The molecule has 6 heteroatoms. The van der Waals surface area contributed by atoms with E-state index in [0.29, 0.717) is 43.4 Å². The van der Waals surface area contributed by atoms with Crippen molar-refractivity contribution in [1.29, 1.82) is 0 Å². The number of anilines is 1. The average Bonchev–Trinajstić information content (AvgIpc) is 2.90. The Morgan fingerprint density at radius 3 is 2.33 bits per heavy atom. The van der Waals surface area contributed by atoms with Gasteiger partial charge in [0, 0.05) is 43.5 Å². The normalized spacial score (nSPS) is 15.2. The second kappa shape index (κ2) is 12.7. The Kier molecular flexibility index (Phi) is 9.39. The predicted molar refractivity (Wildman–Crippen MR) is 157 cm³/mol. The molecule has 0 aliphatic heterocycles. The average molecular weight is 535 g/mol. The summed E-state index contributed by atoms with van der Waals surface area (Å²) in [5, 5.41) is 20.2. The van der Waals surface area contributed by atoms with Crippen molar-refractivity contribution in [3.63, 3.8) is 0 Å². The van der Waals surface area contributed by atoms with E-state index in [1.165, 1.54) is 16.7 Å². The number of rotatable bonds is 11. The number of ether oxygens (including phenoxy) is 1. The summed E-state index contributed by atoms with van der Waals surface area (Å²) in [6.45, 7) is 13.1. The Labute approximate surface area is 232 Å². The van der Waals surface area contributed by atoms with Gasteiger partial charge in [0.2, 0.25) is 0 Å². The maximum atomic E-state index is 15.0. The Hall–Kier alpha value is -3.25. The highest BCUT2D eigenvalue weighted by Crippen LogP contribution is 2.40. The summed E-state index contributed by atoms with van der Waals surface area (Å²) in [5.41, 5.74) is 5.49. The summed E-state index contributed by atoms with van der Waals surface area (Å²) in [4.78, 5) is 4.52. The second-order valence-corrected chi connectivity index (χ2v) is 11.2. The van der Waals surface area contributed by atoms with Crippen LogP contribution in [0.4, 0.5) is 10.1 Å². The van der Waals surface area contributed by atoms with Crippen LogP contribution in [0.5, 0.6) is 17.2 Å². The summed E-state index contributed by atoms with van der Waals surface area (Å²) in [5.74, 6) is 0.758. The highest BCUT2D eigenvalue weighted by Gasteiger charge is 2.25. The molecule has 0 fully saturated rings. The molecule has 0 aromatic heterocycles. The van der Waals surface area contributed by atoms with Crippen LogP contribution in [-0.4, -0.2) is 46.9 Å². The smallest absolute Gasteiger partial charge is 0.165 e. The molecule has 3 aromatic rings. The summed E-state index contributed by atoms with van der Waals surface area (Å²) >= 11 is 0. The number of nitrogens with zero attached hydrogens (tertiary/aromatic N) is 2. The van der Waals surface area contributed by atoms with Gasteiger partial charge in [0.25, 0.3) is 0 Å². The first-order valence-corrected chi connectivity index (χ1v) is 14.2. The molecular weight excluding hydrogens is 491 g/mol. The molecule has 0 amide bonds. The summed E-state index contributed by atoms with van der Waals surface area (Å²) in [6.07, 6.45) is 2.76. The minimum Gasteiger partial charge on any atom is -0.508 e. The number of hydrogen-bond acceptors (Lipinski definition) is 5. The van der Waals surface area contributed by atoms with Gasteiger partial charge in [0.1, 0.15) is 18.1 Å². The molecule has 1 aliphatic carbocycles. The molecule has 39 heavy (non-hydrogen) atoms. The van der Waals surface area contributed by atoms with Crippen molar-refractivity contribution in [2.24, 2.45) is 0 Å². The van der Waals surface area contributed by atoms with Crippen molar-refractivity contribution < 1.29 is 19.3 Å². The maximum Gasteiger partial charge on any atom is 0.165 e. The molecule has 210 valence electrons. The molecule has 0 heterocycles. The largest absolute Gasteiger partial charge is 0.508 e. The molecule has 1 aliphatic rings. The van der Waals surface area contributed by atoms with Gasteiger partial charge in [0.05, 0.1) is 0 Å². The SMILES string of the molecule is CCN(Cc1ccc(OCCN(C(C)C)C(C)C)c(F)c1)c1cc(O)ccc1C1CCc2cc(O)ccc2C1. The summed E-state index contributed by atoms with van der Waals surface area (Å²) in [6, 6.07) is 17.3. The van der Waals surface area contributed by atoms with E-state index >= 15 is 4.39 Å². The van der Waals surface area contributed by atoms with Gasteiger partial charge in [-0.3, -0.25) is 4.90 Å². The number of phenolic OH excluding ortho intramolecular Hbond substituents is 2. The van der Waals surface area contributed by atoms with E-state index in [1.54, 1.807) is 24.3 Å². The number of halogens is 1. The van der Waals surface area contributed by atoms with E-state index < -0.39 is 0 Å². The van der Waals surface area contributed by atoms with Crippen molar-refractivity contribution in [2.45, 2.75) is 78.4 Å². The fourth-order valence-electron chi connectivity index (χ4n) is 5.88. The van der Waals surface area contributed by atoms with Crippen LogP contribution in [0.2, 0.25) is 0 Å². The van der Waals surface area contributed by atoms with E-state index in [-0.39, 0.29) is 17.3 Å². The van der Waals surface area contributed by atoms with Crippen molar-refractivity contribution in [2.75, 3.05) is 24.6 Å². The minimum absolute atomic E-state index is 0.222.